The number of rotatable bonds is 4. The first-order valence-corrected chi connectivity index (χ1v) is 18.8. The fourth-order valence-corrected chi connectivity index (χ4v) is 4.73. The molecule has 0 aliphatic carbocycles. The van der Waals surface area contributed by atoms with Crippen LogP contribution in [0.2, 0.25) is 16.5 Å². The van der Waals surface area contributed by atoms with Crippen molar-refractivity contribution in [1.29, 1.82) is 0 Å². The van der Waals surface area contributed by atoms with E-state index in [1.807, 2.05) is 0 Å². The summed E-state index contributed by atoms with van der Waals surface area (Å²) in [6.45, 7) is 0. The quantitative estimate of drug-likeness (QED) is 0.311. The third-order valence-electron chi connectivity index (χ3n) is 1.47. The molecule has 0 N–H and O–H groups in total. The van der Waals surface area contributed by atoms with Gasteiger partial charge >= 0.3 is 142 Å². The van der Waals surface area contributed by atoms with Gasteiger partial charge in [0.05, 0.1) is 0 Å². The van der Waals surface area contributed by atoms with E-state index in [0.29, 0.717) is 46.5 Å². The van der Waals surface area contributed by atoms with Gasteiger partial charge in [-0.15, -0.1) is 0 Å². The van der Waals surface area contributed by atoms with Crippen molar-refractivity contribution in [2.45, 2.75) is 29.4 Å². The molecule has 0 bridgehead atoms. The van der Waals surface area contributed by atoms with Gasteiger partial charge in [-0.05, 0) is 0 Å². The van der Waals surface area contributed by atoms with Crippen molar-refractivity contribution in [3.05, 3.63) is 0 Å². The molecule has 17 heavy (non-hydrogen) atoms. The molecule has 2 heterocycles. The van der Waals surface area contributed by atoms with Crippen molar-refractivity contribution < 1.29 is 21.9 Å². The van der Waals surface area contributed by atoms with Crippen molar-refractivity contribution in [1.82, 2.24) is 0 Å². The minimum absolute atomic E-state index is 0.336. The average molecular weight is 781 g/mol. The maximum atomic E-state index is 9.52. The molecule has 0 aromatic carbocycles. The minimum atomic E-state index is -2.65. The summed E-state index contributed by atoms with van der Waals surface area (Å²) < 4.78 is 52.5. The zero-order valence-corrected chi connectivity index (χ0v) is 20.3. The van der Waals surface area contributed by atoms with E-state index >= 15 is 0 Å². The summed E-state index contributed by atoms with van der Waals surface area (Å²) >= 11 is -1.48. The van der Waals surface area contributed by atoms with Gasteiger partial charge in [-0.3, -0.25) is 0 Å². The number of hydrogen-bond acceptors (Lipinski definition) is 8. The van der Waals surface area contributed by atoms with Crippen LogP contribution in [0.25, 0.3) is 0 Å². The third kappa shape index (κ3) is 18.4. The topological polar surface area (TPSA) is 86.7 Å². The summed E-state index contributed by atoms with van der Waals surface area (Å²) in [5, 5.41) is 0. The second kappa shape index (κ2) is 14.8. The SMILES string of the molecule is C1[CH2][Bi+][CH2]1.C1[CH2][Bi+][CH2]1.O=[S-](=O)[O][Sn][O][S-](=O)=O. The van der Waals surface area contributed by atoms with E-state index < -0.39 is 43.9 Å². The van der Waals surface area contributed by atoms with Crippen LogP contribution in [-0.4, -0.2) is 68.4 Å². The zero-order valence-electron chi connectivity index (χ0n) is 8.90. The molecular formula is C6H12Bi2O6S2Sn. The molecule has 11 heteroatoms. The Kier molecular flexibility index (Phi) is 16.9. The van der Waals surface area contributed by atoms with E-state index in [1.54, 1.807) is 29.4 Å². The summed E-state index contributed by atoms with van der Waals surface area (Å²) in [5.74, 6) is 0. The van der Waals surface area contributed by atoms with E-state index in [9.17, 15) is 16.8 Å². The molecule has 0 amide bonds. The molecular weight excluding hydrogens is 769 g/mol. The molecule has 0 saturated carbocycles. The second-order valence-electron chi connectivity index (χ2n) is 2.71. The Morgan fingerprint density at radius 1 is 0.765 bits per heavy atom. The van der Waals surface area contributed by atoms with Crippen molar-refractivity contribution >= 4 is 90.4 Å². The molecule has 2 aliphatic heterocycles. The first-order valence-electron chi connectivity index (χ1n) is 4.67. The fourth-order valence-electron chi connectivity index (χ4n) is 0.386. The first kappa shape index (κ1) is 19.4. The molecule has 98 valence electrons. The van der Waals surface area contributed by atoms with Crippen LogP contribution < -0.4 is 0 Å². The predicted octanol–water partition coefficient (Wildman–Crippen LogP) is 0.864. The van der Waals surface area contributed by atoms with Gasteiger partial charge in [-0.25, -0.2) is 0 Å². The Morgan fingerprint density at radius 3 is 1.12 bits per heavy atom. The molecule has 2 saturated heterocycles. The molecule has 0 aromatic heterocycles. The molecule has 6 radical (unpaired) electrons. The van der Waals surface area contributed by atoms with Gasteiger partial charge in [0.25, 0.3) is 0 Å². The van der Waals surface area contributed by atoms with Crippen LogP contribution in [0.15, 0.2) is 0 Å². The van der Waals surface area contributed by atoms with Crippen LogP contribution in [-0.2, 0) is 43.8 Å². The van der Waals surface area contributed by atoms with Crippen LogP contribution in [0.3, 0.4) is 0 Å². The van der Waals surface area contributed by atoms with E-state index in [4.69, 9.17) is 0 Å². The molecule has 2 rings (SSSR count). The molecule has 2 aliphatic rings. The van der Waals surface area contributed by atoms with Crippen LogP contribution >= 0.6 is 0 Å². The van der Waals surface area contributed by atoms with Crippen LogP contribution in [0.5, 0.6) is 0 Å². The van der Waals surface area contributed by atoms with Gasteiger partial charge < -0.3 is 0 Å². The predicted molar refractivity (Wildman–Crippen MR) is 65.4 cm³/mol. The Balaban J connectivity index is 0.000000258. The maximum absolute atomic E-state index is 9.52. The normalized spacial score (nSPS) is 17.1. The van der Waals surface area contributed by atoms with E-state index in [-0.39, 0.29) is 0 Å². The molecule has 6 nitrogen and oxygen atoms in total. The van der Waals surface area contributed by atoms with E-state index in [2.05, 4.69) is 5.04 Å². The summed E-state index contributed by atoms with van der Waals surface area (Å²) in [6, 6.07) is 0. The molecule has 0 aromatic rings. The molecule has 0 spiro atoms. The van der Waals surface area contributed by atoms with Crippen LogP contribution in [0, 0.1) is 0 Å². The van der Waals surface area contributed by atoms with Crippen molar-refractivity contribution in [3.8, 4) is 0 Å². The van der Waals surface area contributed by atoms with Crippen molar-refractivity contribution in [2.75, 3.05) is 0 Å². The van der Waals surface area contributed by atoms with Crippen LogP contribution in [0.4, 0.5) is 0 Å². The van der Waals surface area contributed by atoms with Gasteiger partial charge in [0, 0.05) is 0 Å². The fraction of sp³-hybridized carbons (Fsp3) is 1.00. The summed E-state index contributed by atoms with van der Waals surface area (Å²) in [7, 11) is -5.31. The first-order chi connectivity index (χ1) is 8.13. The van der Waals surface area contributed by atoms with Crippen molar-refractivity contribution in [2.24, 2.45) is 0 Å². The van der Waals surface area contributed by atoms with Crippen molar-refractivity contribution in [3.63, 3.8) is 0 Å². The summed E-state index contributed by atoms with van der Waals surface area (Å²) in [5.41, 5.74) is 0. The summed E-state index contributed by atoms with van der Waals surface area (Å²) in [4.78, 5) is 0. The molecule has 2 fully saturated rings. The van der Waals surface area contributed by atoms with Gasteiger partial charge in [0.1, 0.15) is 0 Å². The number of hydrogen-bond donors (Lipinski definition) is 0. The molecule has 0 unspecified atom stereocenters. The summed E-state index contributed by atoms with van der Waals surface area (Å²) in [6.07, 6.45) is 3.16. The Morgan fingerprint density at radius 2 is 1.00 bits per heavy atom. The third-order valence-corrected chi connectivity index (χ3v) is 15.2. The Labute approximate surface area is 139 Å². The molecule has 0 atom stereocenters. The Bertz CT molecular complexity index is 260. The van der Waals surface area contributed by atoms with Gasteiger partial charge in [0.15, 0.2) is 0 Å². The average Bonchev–Trinajstić information content (AvgIpc) is 1.94. The van der Waals surface area contributed by atoms with Gasteiger partial charge in [-0.1, -0.05) is 0 Å². The van der Waals surface area contributed by atoms with Gasteiger partial charge in [-0.2, -0.15) is 0 Å². The van der Waals surface area contributed by atoms with E-state index in [0.717, 1.165) is 0 Å². The van der Waals surface area contributed by atoms with E-state index in [1.165, 1.54) is 0 Å². The monoisotopic (exact) mass is 782 g/mol. The zero-order chi connectivity index (χ0) is 12.9. The second-order valence-corrected chi connectivity index (χ2v) is 17.6. The van der Waals surface area contributed by atoms with Gasteiger partial charge in [0.2, 0.25) is 0 Å². The van der Waals surface area contributed by atoms with Crippen LogP contribution in [0.1, 0.15) is 12.8 Å². The standard InChI is InChI=1S/2C3H6.2Bi.2O3S.Sn/c2*1-3-2;;;2*1-4(2)3;/h2*1-3H2;;;;;/q;;2*+1;2*-2;+2. The Hall–Kier alpha value is 2.38.